The Labute approximate surface area is 103 Å². The highest BCUT2D eigenvalue weighted by Crippen LogP contribution is 2.17. The lowest BCUT2D eigenvalue weighted by Crippen LogP contribution is -2.23. The van der Waals surface area contributed by atoms with Gasteiger partial charge >= 0.3 is 11.9 Å². The molecule has 0 heterocycles. The van der Waals surface area contributed by atoms with Gasteiger partial charge in [-0.3, -0.25) is 4.79 Å². The molecule has 2 unspecified atom stereocenters. The summed E-state index contributed by atoms with van der Waals surface area (Å²) in [4.78, 5) is 22.3. The van der Waals surface area contributed by atoms with E-state index < -0.39 is 24.0 Å². The van der Waals surface area contributed by atoms with Crippen molar-refractivity contribution in [1.29, 1.82) is 0 Å². The van der Waals surface area contributed by atoms with Crippen LogP contribution in [-0.4, -0.2) is 23.1 Å². The van der Waals surface area contributed by atoms with E-state index in [0.29, 0.717) is 18.4 Å². The van der Waals surface area contributed by atoms with E-state index in [1.165, 1.54) is 0 Å². The number of carbonyl (C=O) groups is 2. The van der Waals surface area contributed by atoms with Crippen LogP contribution < -0.4 is 0 Å². The lowest BCUT2D eigenvalue weighted by Gasteiger charge is -2.18. The first kappa shape index (κ1) is 15.7. The molecule has 4 nitrogen and oxygen atoms in total. The number of carboxylic acids is 1. The smallest absolute Gasteiger partial charge is 0.333 e. The predicted molar refractivity (Wildman–Crippen MR) is 65.6 cm³/mol. The first-order valence-corrected chi connectivity index (χ1v) is 5.97. The number of unbranched alkanes of at least 4 members (excludes halogenated alkanes) is 1. The van der Waals surface area contributed by atoms with Gasteiger partial charge < -0.3 is 9.84 Å². The molecule has 17 heavy (non-hydrogen) atoms. The van der Waals surface area contributed by atoms with Gasteiger partial charge in [-0.2, -0.15) is 0 Å². The molecule has 0 bridgehead atoms. The van der Waals surface area contributed by atoms with Gasteiger partial charge in [0.2, 0.25) is 0 Å². The number of carboxylic acid groups (broad SMARTS) is 1. The van der Waals surface area contributed by atoms with Crippen LogP contribution in [0.4, 0.5) is 0 Å². The Morgan fingerprint density at radius 2 is 2.00 bits per heavy atom. The second-order valence-electron chi connectivity index (χ2n) is 4.41. The van der Waals surface area contributed by atoms with E-state index in [0.717, 1.165) is 12.8 Å². The Hall–Kier alpha value is -1.32. The van der Waals surface area contributed by atoms with Crippen LogP contribution in [-0.2, 0) is 14.3 Å². The molecule has 0 aliphatic carbocycles. The highest BCUT2D eigenvalue weighted by atomic mass is 16.5. The van der Waals surface area contributed by atoms with Gasteiger partial charge in [-0.15, -0.1) is 0 Å². The minimum Gasteiger partial charge on any atom is -0.481 e. The van der Waals surface area contributed by atoms with Crippen LogP contribution in [0.5, 0.6) is 0 Å². The van der Waals surface area contributed by atoms with Crippen molar-refractivity contribution in [3.05, 3.63) is 12.2 Å². The fourth-order valence-corrected chi connectivity index (χ4v) is 1.52. The number of carbonyl (C=O) groups excluding carboxylic acids is 1. The first-order chi connectivity index (χ1) is 7.88. The van der Waals surface area contributed by atoms with E-state index in [4.69, 9.17) is 9.84 Å². The molecule has 0 aromatic heterocycles. The lowest BCUT2D eigenvalue weighted by molar-refractivity contribution is -0.149. The van der Waals surface area contributed by atoms with Gasteiger partial charge in [0, 0.05) is 5.57 Å². The Morgan fingerprint density at radius 1 is 1.41 bits per heavy atom. The molecule has 0 amide bonds. The molecule has 1 N–H and O–H groups in total. The molecule has 0 aliphatic heterocycles. The van der Waals surface area contributed by atoms with Gasteiger partial charge in [-0.25, -0.2) is 4.79 Å². The van der Waals surface area contributed by atoms with Crippen molar-refractivity contribution in [2.75, 3.05) is 0 Å². The normalized spacial score (nSPS) is 13.8. The Balaban J connectivity index is 4.20. The maximum atomic E-state index is 11.2. The molecule has 0 spiro atoms. The number of rotatable bonds is 8. The van der Waals surface area contributed by atoms with Crippen LogP contribution in [0.3, 0.4) is 0 Å². The molecule has 0 aromatic rings. The molecule has 0 aromatic carbocycles. The van der Waals surface area contributed by atoms with E-state index >= 15 is 0 Å². The van der Waals surface area contributed by atoms with Crippen LogP contribution >= 0.6 is 0 Å². The Bertz CT molecular complexity index is 283. The maximum Gasteiger partial charge on any atom is 0.333 e. The molecular formula is C13H22O4. The van der Waals surface area contributed by atoms with Crippen LogP contribution in [0, 0.1) is 5.92 Å². The zero-order chi connectivity index (χ0) is 13.4. The van der Waals surface area contributed by atoms with E-state index in [2.05, 4.69) is 6.58 Å². The molecule has 0 rings (SSSR count). The summed E-state index contributed by atoms with van der Waals surface area (Å²) in [6, 6.07) is 0. The highest BCUT2D eigenvalue weighted by Gasteiger charge is 2.21. The maximum absolute atomic E-state index is 11.2. The van der Waals surface area contributed by atoms with Crippen molar-refractivity contribution >= 4 is 11.9 Å². The van der Waals surface area contributed by atoms with Crippen LogP contribution in [0.1, 0.15) is 46.5 Å². The fourth-order valence-electron chi connectivity index (χ4n) is 1.52. The van der Waals surface area contributed by atoms with E-state index in [-0.39, 0.29) is 0 Å². The quantitative estimate of drug-likeness (QED) is 0.525. The third kappa shape index (κ3) is 6.76. The van der Waals surface area contributed by atoms with Gasteiger partial charge in [-0.1, -0.05) is 26.3 Å². The molecule has 0 radical (unpaired) electrons. The number of hydrogen-bond donors (Lipinski definition) is 1. The minimum atomic E-state index is -0.823. The monoisotopic (exact) mass is 242 g/mol. The molecule has 0 saturated carbocycles. The summed E-state index contributed by atoms with van der Waals surface area (Å²) in [7, 11) is 0. The largest absolute Gasteiger partial charge is 0.481 e. The molecule has 2 atom stereocenters. The third-order valence-corrected chi connectivity index (χ3v) is 2.53. The van der Waals surface area contributed by atoms with Gasteiger partial charge in [-0.05, 0) is 26.7 Å². The summed E-state index contributed by atoms with van der Waals surface area (Å²) in [5.41, 5.74) is 0.331. The first-order valence-electron chi connectivity index (χ1n) is 5.97. The summed E-state index contributed by atoms with van der Waals surface area (Å²) in [6.07, 6.45) is 2.42. The number of aliphatic carboxylic acids is 1. The van der Waals surface area contributed by atoms with E-state index in [1.807, 2.05) is 6.92 Å². The molecule has 0 fully saturated rings. The summed E-state index contributed by atoms with van der Waals surface area (Å²) in [5.74, 6) is -1.73. The summed E-state index contributed by atoms with van der Waals surface area (Å²) >= 11 is 0. The Kier molecular flexibility index (Phi) is 7.26. The molecule has 4 heteroatoms. The highest BCUT2D eigenvalue weighted by molar-refractivity contribution is 5.87. The zero-order valence-corrected chi connectivity index (χ0v) is 10.9. The lowest BCUT2D eigenvalue weighted by atomic mass is 9.96. The zero-order valence-electron chi connectivity index (χ0n) is 10.9. The number of esters is 1. The second kappa shape index (κ2) is 7.87. The van der Waals surface area contributed by atoms with Crippen molar-refractivity contribution in [3.8, 4) is 0 Å². The Morgan fingerprint density at radius 3 is 2.41 bits per heavy atom. The van der Waals surface area contributed by atoms with Crippen molar-refractivity contribution in [2.45, 2.75) is 52.6 Å². The minimum absolute atomic E-state index is 0.331. The van der Waals surface area contributed by atoms with Crippen molar-refractivity contribution in [1.82, 2.24) is 0 Å². The fraction of sp³-hybridized carbons (Fsp3) is 0.692. The molecule has 98 valence electrons. The second-order valence-corrected chi connectivity index (χ2v) is 4.41. The molecule has 0 aliphatic rings. The van der Waals surface area contributed by atoms with Crippen molar-refractivity contribution in [2.24, 2.45) is 5.92 Å². The SMILES string of the molecule is C=C(C)C(=O)OC(C)CC(CCCC)C(=O)O. The molecule has 0 saturated heterocycles. The molecular weight excluding hydrogens is 220 g/mol. The third-order valence-electron chi connectivity index (χ3n) is 2.53. The van der Waals surface area contributed by atoms with Gasteiger partial charge in [0.05, 0.1) is 5.92 Å². The van der Waals surface area contributed by atoms with Crippen LogP contribution in [0.25, 0.3) is 0 Å². The summed E-state index contributed by atoms with van der Waals surface area (Å²) < 4.78 is 5.07. The van der Waals surface area contributed by atoms with E-state index in [1.54, 1.807) is 13.8 Å². The topological polar surface area (TPSA) is 63.6 Å². The van der Waals surface area contributed by atoms with Crippen molar-refractivity contribution in [3.63, 3.8) is 0 Å². The predicted octanol–water partition coefficient (Wildman–Crippen LogP) is 2.78. The van der Waals surface area contributed by atoms with Gasteiger partial charge in [0.25, 0.3) is 0 Å². The summed E-state index contributed by atoms with van der Waals surface area (Å²) in [5, 5.41) is 9.03. The van der Waals surface area contributed by atoms with Gasteiger partial charge in [0.1, 0.15) is 6.10 Å². The van der Waals surface area contributed by atoms with E-state index in [9.17, 15) is 9.59 Å². The van der Waals surface area contributed by atoms with Crippen LogP contribution in [0.15, 0.2) is 12.2 Å². The number of hydrogen-bond acceptors (Lipinski definition) is 3. The van der Waals surface area contributed by atoms with Crippen molar-refractivity contribution < 1.29 is 19.4 Å². The summed E-state index contributed by atoms with van der Waals surface area (Å²) in [6.45, 7) is 8.78. The number of ether oxygens (including phenoxy) is 1. The average molecular weight is 242 g/mol. The standard InChI is InChI=1S/C13H22O4/c1-5-6-7-11(12(14)15)8-10(4)17-13(16)9(2)3/h10-11H,2,5-8H2,1,3-4H3,(H,14,15). The average Bonchev–Trinajstić information content (AvgIpc) is 2.23. The van der Waals surface area contributed by atoms with Gasteiger partial charge in [0.15, 0.2) is 0 Å². The van der Waals surface area contributed by atoms with Crippen LogP contribution in [0.2, 0.25) is 0 Å².